The molecule has 0 aromatic carbocycles. The summed E-state index contributed by atoms with van der Waals surface area (Å²) in [5.41, 5.74) is 1.17. The number of carbonyl (C=O) groups excluding carboxylic acids is 1. The average Bonchev–Trinajstić information content (AvgIpc) is 2.67. The van der Waals surface area contributed by atoms with E-state index in [1.807, 2.05) is 22.9 Å². The second-order valence-electron chi connectivity index (χ2n) is 2.67. The summed E-state index contributed by atoms with van der Waals surface area (Å²) in [6.45, 7) is 1.000. The topological polar surface area (TPSA) is 64.9 Å². The van der Waals surface area contributed by atoms with Crippen molar-refractivity contribution in [3.8, 4) is 6.07 Å². The Kier molecular flexibility index (Phi) is 4.69. The molecule has 0 fully saturated rings. The van der Waals surface area contributed by atoms with Gasteiger partial charge in [0.15, 0.2) is 0 Å². The van der Waals surface area contributed by atoms with E-state index in [1.54, 1.807) is 11.3 Å². The number of nitriles is 1. The van der Waals surface area contributed by atoms with E-state index < -0.39 is 0 Å². The largest absolute Gasteiger partial charge is 0.342 e. The first-order valence-corrected chi connectivity index (χ1v) is 5.12. The number of hydrogen-bond donors (Lipinski definition) is 2. The van der Waals surface area contributed by atoms with Crippen LogP contribution in [0, 0.1) is 11.3 Å². The zero-order chi connectivity index (χ0) is 10.2. The Morgan fingerprint density at radius 1 is 1.64 bits per heavy atom. The quantitative estimate of drug-likeness (QED) is 0.693. The Hall–Kier alpha value is -1.38. The van der Waals surface area contributed by atoms with Gasteiger partial charge in [0.1, 0.15) is 6.54 Å². The Balaban J connectivity index is 2.10. The van der Waals surface area contributed by atoms with Gasteiger partial charge in [0, 0.05) is 6.54 Å². The fourth-order valence-electron chi connectivity index (χ4n) is 0.914. The summed E-state index contributed by atoms with van der Waals surface area (Å²) in [5, 5.41) is 17.7. The number of nitrogens with one attached hydrogen (secondary N) is 2. The highest BCUT2D eigenvalue weighted by molar-refractivity contribution is 7.07. The predicted molar refractivity (Wildman–Crippen MR) is 54.6 cm³/mol. The third-order valence-corrected chi connectivity index (χ3v) is 2.29. The van der Waals surface area contributed by atoms with Gasteiger partial charge in [-0.3, -0.25) is 4.79 Å². The van der Waals surface area contributed by atoms with Crippen molar-refractivity contribution in [2.24, 2.45) is 0 Å². The van der Waals surface area contributed by atoms with Crippen LogP contribution >= 0.6 is 11.3 Å². The number of carbonyl (C=O) groups is 1. The molecule has 0 saturated carbocycles. The zero-order valence-electron chi connectivity index (χ0n) is 7.62. The summed E-state index contributed by atoms with van der Waals surface area (Å²) in [6, 6.07) is 3.85. The number of hydrogen-bond acceptors (Lipinski definition) is 4. The molecule has 1 rings (SSSR count). The monoisotopic (exact) mass is 209 g/mol. The molecule has 0 atom stereocenters. The standard InChI is InChI=1S/C9H11N3OS/c10-2-3-12-9(13)6-11-5-8-1-4-14-7-8/h1,4,7,11H,3,5-6H2,(H,12,13). The molecule has 1 aromatic heterocycles. The summed E-state index contributed by atoms with van der Waals surface area (Å²) in [6.07, 6.45) is 0. The molecule has 14 heavy (non-hydrogen) atoms. The summed E-state index contributed by atoms with van der Waals surface area (Å²) in [5.74, 6) is -0.151. The number of thiophene rings is 1. The van der Waals surface area contributed by atoms with Crippen LogP contribution in [0.25, 0.3) is 0 Å². The molecule has 0 bridgehead atoms. The second kappa shape index (κ2) is 6.13. The van der Waals surface area contributed by atoms with Crippen LogP contribution < -0.4 is 10.6 Å². The van der Waals surface area contributed by atoms with Crippen molar-refractivity contribution in [1.29, 1.82) is 5.26 Å². The fourth-order valence-corrected chi connectivity index (χ4v) is 1.58. The first-order chi connectivity index (χ1) is 6.83. The molecule has 0 spiro atoms. The lowest BCUT2D eigenvalue weighted by Crippen LogP contribution is -2.33. The minimum atomic E-state index is -0.151. The molecule has 4 nitrogen and oxygen atoms in total. The maximum Gasteiger partial charge on any atom is 0.234 e. The summed E-state index contributed by atoms with van der Waals surface area (Å²) >= 11 is 1.63. The summed E-state index contributed by atoms with van der Waals surface area (Å²) in [4.78, 5) is 11.0. The van der Waals surface area contributed by atoms with Gasteiger partial charge in [-0.15, -0.1) is 0 Å². The molecule has 1 aromatic rings. The Bertz CT molecular complexity index is 315. The molecule has 1 amide bonds. The maximum atomic E-state index is 11.0. The van der Waals surface area contributed by atoms with Crippen LogP contribution in [-0.4, -0.2) is 19.0 Å². The van der Waals surface area contributed by atoms with E-state index in [0.29, 0.717) is 6.54 Å². The van der Waals surface area contributed by atoms with Crippen molar-refractivity contribution in [3.63, 3.8) is 0 Å². The molecule has 74 valence electrons. The molecular formula is C9H11N3OS. The lowest BCUT2D eigenvalue weighted by atomic mass is 10.3. The van der Waals surface area contributed by atoms with Crippen LogP contribution in [0.2, 0.25) is 0 Å². The minimum absolute atomic E-state index is 0.0684. The molecule has 0 saturated heterocycles. The van der Waals surface area contributed by atoms with Gasteiger partial charge in [-0.05, 0) is 22.4 Å². The van der Waals surface area contributed by atoms with Crippen LogP contribution in [0.1, 0.15) is 5.56 Å². The highest BCUT2D eigenvalue weighted by Gasteiger charge is 1.98. The molecule has 0 aliphatic rings. The number of amides is 1. The van der Waals surface area contributed by atoms with Crippen LogP contribution in [0.4, 0.5) is 0 Å². The predicted octanol–water partition coefficient (Wildman–Crippen LogP) is 0.477. The molecule has 2 N–H and O–H groups in total. The van der Waals surface area contributed by atoms with Gasteiger partial charge < -0.3 is 10.6 Å². The fraction of sp³-hybridized carbons (Fsp3) is 0.333. The number of nitrogens with zero attached hydrogens (tertiary/aromatic N) is 1. The summed E-state index contributed by atoms with van der Waals surface area (Å²) in [7, 11) is 0. The first kappa shape index (κ1) is 10.7. The van der Waals surface area contributed by atoms with Crippen LogP contribution in [-0.2, 0) is 11.3 Å². The van der Waals surface area contributed by atoms with Crippen molar-refractivity contribution in [3.05, 3.63) is 22.4 Å². The molecular weight excluding hydrogens is 198 g/mol. The van der Waals surface area contributed by atoms with Crippen molar-refractivity contribution in [1.82, 2.24) is 10.6 Å². The van der Waals surface area contributed by atoms with E-state index in [9.17, 15) is 4.79 Å². The van der Waals surface area contributed by atoms with E-state index in [0.717, 1.165) is 0 Å². The number of rotatable bonds is 5. The Labute approximate surface area is 86.6 Å². The van der Waals surface area contributed by atoms with E-state index in [1.165, 1.54) is 5.56 Å². The SMILES string of the molecule is N#CCNC(=O)CNCc1ccsc1. The van der Waals surface area contributed by atoms with E-state index in [-0.39, 0.29) is 19.0 Å². The van der Waals surface area contributed by atoms with Crippen molar-refractivity contribution in [2.45, 2.75) is 6.54 Å². The van der Waals surface area contributed by atoms with E-state index in [4.69, 9.17) is 5.26 Å². The Morgan fingerprint density at radius 3 is 3.14 bits per heavy atom. The van der Waals surface area contributed by atoms with Crippen molar-refractivity contribution >= 4 is 17.2 Å². The van der Waals surface area contributed by atoms with Gasteiger partial charge in [-0.2, -0.15) is 16.6 Å². The van der Waals surface area contributed by atoms with Crippen LogP contribution in [0.3, 0.4) is 0 Å². The third-order valence-electron chi connectivity index (χ3n) is 1.56. The van der Waals surface area contributed by atoms with E-state index in [2.05, 4.69) is 10.6 Å². The molecule has 1 heterocycles. The first-order valence-electron chi connectivity index (χ1n) is 4.18. The lowest BCUT2D eigenvalue weighted by molar-refractivity contribution is -0.120. The molecule has 0 unspecified atom stereocenters. The average molecular weight is 209 g/mol. The maximum absolute atomic E-state index is 11.0. The van der Waals surface area contributed by atoms with Gasteiger partial charge in [-0.25, -0.2) is 0 Å². The van der Waals surface area contributed by atoms with Gasteiger partial charge in [0.25, 0.3) is 0 Å². The zero-order valence-corrected chi connectivity index (χ0v) is 8.43. The van der Waals surface area contributed by atoms with Gasteiger partial charge >= 0.3 is 0 Å². The molecule has 0 aliphatic heterocycles. The van der Waals surface area contributed by atoms with Gasteiger partial charge in [-0.1, -0.05) is 0 Å². The van der Waals surface area contributed by atoms with Crippen LogP contribution in [0.15, 0.2) is 16.8 Å². The van der Waals surface area contributed by atoms with E-state index >= 15 is 0 Å². The van der Waals surface area contributed by atoms with Gasteiger partial charge in [0.05, 0.1) is 12.6 Å². The summed E-state index contributed by atoms with van der Waals surface area (Å²) < 4.78 is 0. The van der Waals surface area contributed by atoms with Crippen molar-refractivity contribution in [2.75, 3.05) is 13.1 Å². The van der Waals surface area contributed by atoms with Crippen LogP contribution in [0.5, 0.6) is 0 Å². The second-order valence-corrected chi connectivity index (χ2v) is 3.45. The minimum Gasteiger partial charge on any atom is -0.342 e. The Morgan fingerprint density at radius 2 is 2.50 bits per heavy atom. The highest BCUT2D eigenvalue weighted by Crippen LogP contribution is 2.04. The molecule has 0 aliphatic carbocycles. The highest BCUT2D eigenvalue weighted by atomic mass is 32.1. The lowest BCUT2D eigenvalue weighted by Gasteiger charge is -2.02. The normalized spacial score (nSPS) is 9.36. The van der Waals surface area contributed by atoms with Gasteiger partial charge in [0.2, 0.25) is 5.91 Å². The molecule has 0 radical (unpaired) electrons. The van der Waals surface area contributed by atoms with Crippen molar-refractivity contribution < 1.29 is 4.79 Å². The third kappa shape index (κ3) is 4.03. The molecule has 5 heteroatoms. The smallest absolute Gasteiger partial charge is 0.234 e.